The number of hydrogen-bond donors (Lipinski definition) is 1. The Morgan fingerprint density at radius 2 is 2.31 bits per heavy atom. The number of nitrogens with two attached hydrogens (primary N) is 1. The quantitative estimate of drug-likeness (QED) is 0.839. The van der Waals surface area contributed by atoms with Crippen molar-refractivity contribution in [3.63, 3.8) is 0 Å². The Hall–Kier alpha value is -1.16. The van der Waals surface area contributed by atoms with E-state index in [1.54, 1.807) is 6.33 Å². The average molecular weight is 220 g/mol. The van der Waals surface area contributed by atoms with E-state index < -0.39 is 0 Å². The molecule has 2 N–H and O–H groups in total. The Morgan fingerprint density at radius 3 is 3.00 bits per heavy atom. The molecule has 2 rings (SSSR count). The first-order valence-corrected chi connectivity index (χ1v) is 6.01. The van der Waals surface area contributed by atoms with Crippen LogP contribution in [0, 0.1) is 0 Å². The second kappa shape index (κ2) is 4.78. The molecule has 1 atom stereocenters. The minimum Gasteiger partial charge on any atom is -0.352 e. The molecule has 1 aliphatic heterocycles. The fourth-order valence-corrected chi connectivity index (χ4v) is 2.22. The third-order valence-electron chi connectivity index (χ3n) is 3.21. The highest BCUT2D eigenvalue weighted by Crippen LogP contribution is 2.24. The Kier molecular flexibility index (Phi) is 3.39. The van der Waals surface area contributed by atoms with Crippen molar-refractivity contribution < 1.29 is 0 Å². The molecular formula is C12H20N4. The van der Waals surface area contributed by atoms with Gasteiger partial charge in [-0.25, -0.2) is 9.97 Å². The van der Waals surface area contributed by atoms with Crippen molar-refractivity contribution in [3.05, 3.63) is 18.1 Å². The lowest BCUT2D eigenvalue weighted by molar-refractivity contribution is 0.668. The molecule has 1 saturated heterocycles. The molecule has 0 aromatic carbocycles. The Labute approximate surface area is 96.9 Å². The molecule has 1 aromatic rings. The SMILES string of the molecule is CC(C)c1cc(N2CCCC2CN)ncn1. The summed E-state index contributed by atoms with van der Waals surface area (Å²) in [6.07, 6.45) is 4.05. The molecule has 0 amide bonds. The van der Waals surface area contributed by atoms with E-state index >= 15 is 0 Å². The largest absolute Gasteiger partial charge is 0.352 e. The van der Waals surface area contributed by atoms with Gasteiger partial charge in [-0.1, -0.05) is 13.8 Å². The van der Waals surface area contributed by atoms with Gasteiger partial charge in [0.1, 0.15) is 12.1 Å². The van der Waals surface area contributed by atoms with Gasteiger partial charge in [0.2, 0.25) is 0 Å². The molecule has 0 bridgehead atoms. The van der Waals surface area contributed by atoms with E-state index in [4.69, 9.17) is 5.73 Å². The first-order chi connectivity index (χ1) is 7.72. The van der Waals surface area contributed by atoms with Crippen LogP contribution in [0.15, 0.2) is 12.4 Å². The molecule has 1 fully saturated rings. The lowest BCUT2D eigenvalue weighted by atomic mass is 10.1. The highest BCUT2D eigenvalue weighted by Gasteiger charge is 2.24. The Bertz CT molecular complexity index is 351. The van der Waals surface area contributed by atoms with Gasteiger partial charge in [-0.05, 0) is 18.8 Å². The standard InChI is InChI=1S/C12H20N4/c1-9(2)11-6-12(15-8-14-11)16-5-3-4-10(16)7-13/h6,8-10H,3-5,7,13H2,1-2H3. The van der Waals surface area contributed by atoms with E-state index in [1.165, 1.54) is 12.8 Å². The molecule has 1 aromatic heterocycles. The fourth-order valence-electron chi connectivity index (χ4n) is 2.22. The van der Waals surface area contributed by atoms with Crippen LogP contribution in [0.1, 0.15) is 38.3 Å². The topological polar surface area (TPSA) is 55.0 Å². The third-order valence-corrected chi connectivity index (χ3v) is 3.21. The lowest BCUT2D eigenvalue weighted by Crippen LogP contribution is -2.36. The molecular weight excluding hydrogens is 200 g/mol. The molecule has 0 radical (unpaired) electrons. The second-order valence-corrected chi connectivity index (χ2v) is 4.68. The van der Waals surface area contributed by atoms with E-state index in [9.17, 15) is 0 Å². The summed E-state index contributed by atoms with van der Waals surface area (Å²) in [6.45, 7) is 6.07. The molecule has 0 aliphatic carbocycles. The molecule has 0 saturated carbocycles. The van der Waals surface area contributed by atoms with Crippen LogP contribution < -0.4 is 10.6 Å². The summed E-state index contributed by atoms with van der Waals surface area (Å²) in [7, 11) is 0. The normalized spacial score (nSPS) is 20.8. The van der Waals surface area contributed by atoms with Crippen molar-refractivity contribution in [1.82, 2.24) is 9.97 Å². The number of rotatable bonds is 3. The van der Waals surface area contributed by atoms with E-state index in [0.29, 0.717) is 18.5 Å². The van der Waals surface area contributed by atoms with Crippen LogP contribution >= 0.6 is 0 Å². The van der Waals surface area contributed by atoms with Crippen LogP contribution in [0.2, 0.25) is 0 Å². The van der Waals surface area contributed by atoms with Gasteiger partial charge >= 0.3 is 0 Å². The summed E-state index contributed by atoms with van der Waals surface area (Å²) >= 11 is 0. The van der Waals surface area contributed by atoms with Crippen LogP contribution in [0.5, 0.6) is 0 Å². The molecule has 88 valence electrons. The van der Waals surface area contributed by atoms with Crippen LogP contribution in [-0.2, 0) is 0 Å². The molecule has 1 unspecified atom stereocenters. The van der Waals surface area contributed by atoms with E-state index in [0.717, 1.165) is 18.1 Å². The molecule has 16 heavy (non-hydrogen) atoms. The maximum Gasteiger partial charge on any atom is 0.132 e. The van der Waals surface area contributed by atoms with Crippen molar-refractivity contribution >= 4 is 5.82 Å². The van der Waals surface area contributed by atoms with Gasteiger partial charge in [0, 0.05) is 30.9 Å². The van der Waals surface area contributed by atoms with Crippen molar-refractivity contribution in [1.29, 1.82) is 0 Å². The van der Waals surface area contributed by atoms with Crippen molar-refractivity contribution in [2.75, 3.05) is 18.0 Å². The van der Waals surface area contributed by atoms with E-state index in [2.05, 4.69) is 34.8 Å². The van der Waals surface area contributed by atoms with E-state index in [1.807, 2.05) is 0 Å². The fraction of sp³-hybridized carbons (Fsp3) is 0.667. The van der Waals surface area contributed by atoms with Gasteiger partial charge in [0.05, 0.1) is 0 Å². The van der Waals surface area contributed by atoms with Crippen molar-refractivity contribution in [3.8, 4) is 0 Å². The summed E-state index contributed by atoms with van der Waals surface area (Å²) in [5.41, 5.74) is 6.88. The summed E-state index contributed by atoms with van der Waals surface area (Å²) in [5, 5.41) is 0. The van der Waals surface area contributed by atoms with E-state index in [-0.39, 0.29) is 0 Å². The summed E-state index contributed by atoms with van der Waals surface area (Å²) in [4.78, 5) is 11.0. The number of anilines is 1. The van der Waals surface area contributed by atoms with Gasteiger partial charge in [-0.15, -0.1) is 0 Å². The zero-order valence-electron chi connectivity index (χ0n) is 10.1. The predicted molar refractivity (Wildman–Crippen MR) is 65.5 cm³/mol. The second-order valence-electron chi connectivity index (χ2n) is 4.68. The highest BCUT2D eigenvalue weighted by atomic mass is 15.2. The van der Waals surface area contributed by atoms with Gasteiger partial charge in [0.25, 0.3) is 0 Å². The van der Waals surface area contributed by atoms with Crippen molar-refractivity contribution in [2.24, 2.45) is 5.73 Å². The van der Waals surface area contributed by atoms with Gasteiger partial charge in [0.15, 0.2) is 0 Å². The van der Waals surface area contributed by atoms with Crippen LogP contribution in [0.3, 0.4) is 0 Å². The molecule has 0 spiro atoms. The first-order valence-electron chi connectivity index (χ1n) is 6.01. The highest BCUT2D eigenvalue weighted by molar-refractivity contribution is 5.42. The van der Waals surface area contributed by atoms with Gasteiger partial charge in [-0.2, -0.15) is 0 Å². The maximum atomic E-state index is 5.77. The summed E-state index contributed by atoms with van der Waals surface area (Å²) < 4.78 is 0. The molecule has 4 nitrogen and oxygen atoms in total. The predicted octanol–water partition coefficient (Wildman–Crippen LogP) is 1.53. The lowest BCUT2D eigenvalue weighted by Gasteiger charge is -2.24. The van der Waals surface area contributed by atoms with Gasteiger partial charge < -0.3 is 10.6 Å². The first kappa shape index (κ1) is 11.3. The Morgan fingerprint density at radius 1 is 1.50 bits per heavy atom. The zero-order chi connectivity index (χ0) is 11.5. The molecule has 1 aliphatic rings. The zero-order valence-corrected chi connectivity index (χ0v) is 10.1. The average Bonchev–Trinajstić information content (AvgIpc) is 2.77. The minimum atomic E-state index is 0.445. The van der Waals surface area contributed by atoms with Crippen LogP contribution in [0.4, 0.5) is 5.82 Å². The number of aromatic nitrogens is 2. The Balaban J connectivity index is 2.22. The summed E-state index contributed by atoms with van der Waals surface area (Å²) in [6, 6.07) is 2.55. The van der Waals surface area contributed by atoms with Crippen molar-refractivity contribution in [2.45, 2.75) is 38.6 Å². The number of hydrogen-bond acceptors (Lipinski definition) is 4. The van der Waals surface area contributed by atoms with Crippen LogP contribution in [-0.4, -0.2) is 29.1 Å². The molecule has 4 heteroatoms. The summed E-state index contributed by atoms with van der Waals surface area (Å²) in [5.74, 6) is 1.48. The number of nitrogens with zero attached hydrogens (tertiary/aromatic N) is 3. The third kappa shape index (κ3) is 2.16. The van der Waals surface area contributed by atoms with Gasteiger partial charge in [-0.3, -0.25) is 0 Å². The van der Waals surface area contributed by atoms with Crippen LogP contribution in [0.25, 0.3) is 0 Å². The monoisotopic (exact) mass is 220 g/mol. The minimum absolute atomic E-state index is 0.445. The maximum absolute atomic E-state index is 5.77. The smallest absolute Gasteiger partial charge is 0.132 e. The molecule has 2 heterocycles.